The average molecular weight is 344 g/mol. The summed E-state index contributed by atoms with van der Waals surface area (Å²) in [6.07, 6.45) is -0.542. The molecule has 6 nitrogen and oxygen atoms in total. The van der Waals surface area contributed by atoms with E-state index in [1.165, 1.54) is 0 Å². The SMILES string of the molecule is CCOP(=O)(OCC)[C@@H]1OC(C)(C)O[C@H]1c1ccc(OC)cc1. The Hall–Kier alpha value is -0.910. The lowest BCUT2D eigenvalue weighted by Crippen LogP contribution is -2.22. The maximum absolute atomic E-state index is 13.1. The molecular formula is C16H25O6P. The van der Waals surface area contributed by atoms with Gasteiger partial charge in [-0.1, -0.05) is 12.1 Å². The number of methoxy groups -OCH3 is 1. The van der Waals surface area contributed by atoms with Crippen molar-refractivity contribution in [3.63, 3.8) is 0 Å². The van der Waals surface area contributed by atoms with Crippen molar-refractivity contribution in [3.05, 3.63) is 29.8 Å². The van der Waals surface area contributed by atoms with Crippen molar-refractivity contribution in [2.45, 2.75) is 45.4 Å². The maximum Gasteiger partial charge on any atom is 0.362 e. The Morgan fingerprint density at radius 2 is 1.65 bits per heavy atom. The van der Waals surface area contributed by atoms with Crippen LogP contribution in [0.25, 0.3) is 0 Å². The van der Waals surface area contributed by atoms with Crippen LogP contribution in [0.15, 0.2) is 24.3 Å². The van der Waals surface area contributed by atoms with Crippen LogP contribution >= 0.6 is 7.60 Å². The molecule has 0 unspecified atom stereocenters. The third kappa shape index (κ3) is 4.14. The first-order valence-electron chi connectivity index (χ1n) is 7.73. The van der Waals surface area contributed by atoms with Crippen molar-refractivity contribution in [1.29, 1.82) is 0 Å². The summed E-state index contributed by atoms with van der Waals surface area (Å²) < 4.78 is 41.0. The molecule has 7 heteroatoms. The smallest absolute Gasteiger partial charge is 0.362 e. The van der Waals surface area contributed by atoms with Crippen LogP contribution in [-0.4, -0.2) is 32.0 Å². The molecule has 2 rings (SSSR count). The molecular weight excluding hydrogens is 319 g/mol. The van der Waals surface area contributed by atoms with Crippen LogP contribution in [0.3, 0.4) is 0 Å². The van der Waals surface area contributed by atoms with E-state index in [2.05, 4.69) is 0 Å². The second-order valence-electron chi connectivity index (χ2n) is 5.60. The molecule has 1 aliphatic heterocycles. The molecule has 0 aliphatic carbocycles. The highest BCUT2D eigenvalue weighted by Crippen LogP contribution is 2.62. The van der Waals surface area contributed by atoms with Crippen LogP contribution in [0.2, 0.25) is 0 Å². The van der Waals surface area contributed by atoms with Crippen LogP contribution < -0.4 is 4.74 Å². The number of ether oxygens (including phenoxy) is 3. The average Bonchev–Trinajstić information content (AvgIpc) is 2.84. The molecule has 2 atom stereocenters. The van der Waals surface area contributed by atoms with Gasteiger partial charge in [-0.25, -0.2) is 0 Å². The quantitative estimate of drug-likeness (QED) is 0.694. The molecule has 0 amide bonds. The van der Waals surface area contributed by atoms with E-state index < -0.39 is 25.3 Å². The van der Waals surface area contributed by atoms with E-state index in [9.17, 15) is 4.57 Å². The normalized spacial score (nSPS) is 23.9. The Bertz CT molecular complexity index is 546. The predicted molar refractivity (Wildman–Crippen MR) is 86.6 cm³/mol. The fourth-order valence-electron chi connectivity index (χ4n) is 2.55. The summed E-state index contributed by atoms with van der Waals surface area (Å²) in [4.78, 5) is 0. The van der Waals surface area contributed by atoms with Crippen LogP contribution in [0.5, 0.6) is 5.75 Å². The van der Waals surface area contributed by atoms with Gasteiger partial charge in [-0.05, 0) is 45.4 Å². The molecule has 0 N–H and O–H groups in total. The van der Waals surface area contributed by atoms with Gasteiger partial charge in [-0.2, -0.15) is 0 Å². The molecule has 0 spiro atoms. The number of rotatable bonds is 7. The predicted octanol–water partition coefficient (Wildman–Crippen LogP) is 4.11. The Morgan fingerprint density at radius 3 is 2.13 bits per heavy atom. The number of hydrogen-bond acceptors (Lipinski definition) is 6. The van der Waals surface area contributed by atoms with Crippen molar-refractivity contribution >= 4 is 7.60 Å². The molecule has 130 valence electrons. The highest BCUT2D eigenvalue weighted by molar-refractivity contribution is 7.54. The van der Waals surface area contributed by atoms with Gasteiger partial charge in [-0.15, -0.1) is 0 Å². The van der Waals surface area contributed by atoms with Crippen molar-refractivity contribution in [2.75, 3.05) is 20.3 Å². The van der Waals surface area contributed by atoms with Gasteiger partial charge in [0, 0.05) is 0 Å². The largest absolute Gasteiger partial charge is 0.497 e. The van der Waals surface area contributed by atoms with E-state index in [1.54, 1.807) is 34.8 Å². The second-order valence-corrected chi connectivity index (χ2v) is 7.70. The van der Waals surface area contributed by atoms with E-state index in [0.717, 1.165) is 11.3 Å². The van der Waals surface area contributed by atoms with E-state index in [4.69, 9.17) is 23.3 Å². The monoisotopic (exact) mass is 344 g/mol. The summed E-state index contributed by atoms with van der Waals surface area (Å²) in [5.74, 6) is -0.953. The Morgan fingerprint density at radius 1 is 1.09 bits per heavy atom. The fraction of sp³-hybridized carbons (Fsp3) is 0.625. The van der Waals surface area contributed by atoms with Gasteiger partial charge in [-0.3, -0.25) is 4.57 Å². The Kier molecular flexibility index (Phi) is 5.87. The Balaban J connectivity index is 2.35. The maximum atomic E-state index is 13.1. The molecule has 23 heavy (non-hydrogen) atoms. The van der Waals surface area contributed by atoms with Gasteiger partial charge in [0.1, 0.15) is 11.9 Å². The first-order valence-corrected chi connectivity index (χ1v) is 9.34. The lowest BCUT2D eigenvalue weighted by atomic mass is 10.1. The van der Waals surface area contributed by atoms with Crippen LogP contribution in [0.1, 0.15) is 39.4 Å². The van der Waals surface area contributed by atoms with E-state index >= 15 is 0 Å². The summed E-state index contributed by atoms with van der Waals surface area (Å²) in [5.41, 5.74) is 0.834. The van der Waals surface area contributed by atoms with E-state index in [1.807, 2.05) is 24.3 Å². The van der Waals surface area contributed by atoms with Gasteiger partial charge < -0.3 is 23.3 Å². The first kappa shape index (κ1) is 18.4. The fourth-order valence-corrected chi connectivity index (χ4v) is 4.58. The van der Waals surface area contributed by atoms with Gasteiger partial charge >= 0.3 is 7.60 Å². The highest BCUT2D eigenvalue weighted by Gasteiger charge is 2.53. The topological polar surface area (TPSA) is 63.2 Å². The highest BCUT2D eigenvalue weighted by atomic mass is 31.2. The molecule has 0 bridgehead atoms. The molecule has 1 saturated heterocycles. The van der Waals surface area contributed by atoms with E-state index in [0.29, 0.717) is 0 Å². The van der Waals surface area contributed by atoms with Crippen molar-refractivity contribution in [1.82, 2.24) is 0 Å². The first-order chi connectivity index (χ1) is 10.8. The molecule has 0 saturated carbocycles. The Labute approximate surface area is 137 Å². The number of hydrogen-bond donors (Lipinski definition) is 0. The van der Waals surface area contributed by atoms with Crippen molar-refractivity contribution in [2.24, 2.45) is 0 Å². The third-order valence-corrected chi connectivity index (χ3v) is 5.68. The van der Waals surface area contributed by atoms with Gasteiger partial charge in [0.2, 0.25) is 0 Å². The van der Waals surface area contributed by atoms with Crippen LogP contribution in [0.4, 0.5) is 0 Å². The van der Waals surface area contributed by atoms with Gasteiger partial charge in [0.05, 0.1) is 20.3 Å². The van der Waals surface area contributed by atoms with Crippen molar-refractivity contribution < 1.29 is 27.8 Å². The summed E-state index contributed by atoms with van der Waals surface area (Å²) in [6.45, 7) is 7.65. The molecule has 1 aromatic rings. The molecule has 1 heterocycles. The summed E-state index contributed by atoms with van der Waals surface area (Å²) in [5, 5.41) is 0. The van der Waals surface area contributed by atoms with Crippen LogP contribution in [-0.2, 0) is 23.1 Å². The molecule has 0 radical (unpaired) electrons. The second kappa shape index (κ2) is 7.32. The summed E-state index contributed by atoms with van der Waals surface area (Å²) in [7, 11) is -1.86. The lowest BCUT2D eigenvalue weighted by Gasteiger charge is -2.25. The zero-order chi connectivity index (χ0) is 17.1. The minimum absolute atomic E-state index is 0.271. The van der Waals surface area contributed by atoms with Crippen molar-refractivity contribution in [3.8, 4) is 5.75 Å². The molecule has 1 aromatic carbocycles. The lowest BCUT2D eigenvalue weighted by molar-refractivity contribution is -0.143. The van der Waals surface area contributed by atoms with Gasteiger partial charge in [0.25, 0.3) is 0 Å². The minimum Gasteiger partial charge on any atom is -0.497 e. The third-order valence-electron chi connectivity index (χ3n) is 3.45. The van der Waals surface area contributed by atoms with Gasteiger partial charge in [0.15, 0.2) is 11.6 Å². The molecule has 1 fully saturated rings. The van der Waals surface area contributed by atoms with Crippen LogP contribution in [0, 0.1) is 0 Å². The minimum atomic E-state index is -3.47. The summed E-state index contributed by atoms with van der Waals surface area (Å²) >= 11 is 0. The molecule has 1 aliphatic rings. The molecule has 0 aromatic heterocycles. The summed E-state index contributed by atoms with van der Waals surface area (Å²) in [6, 6.07) is 7.38. The number of benzene rings is 1. The zero-order valence-corrected chi connectivity index (χ0v) is 15.2. The zero-order valence-electron chi connectivity index (χ0n) is 14.3. The van der Waals surface area contributed by atoms with E-state index in [-0.39, 0.29) is 13.2 Å². The standard InChI is InChI=1S/C16H25O6P/c1-6-19-23(17,20-7-2)15-14(21-16(3,4)22-15)12-8-10-13(18-5)11-9-12/h8-11,14-15H,6-7H2,1-5H3/t14-,15-/m0/s1.